The van der Waals surface area contributed by atoms with E-state index in [0.29, 0.717) is 5.82 Å². The quantitative estimate of drug-likeness (QED) is 0.692. The number of hydrogen-bond acceptors (Lipinski definition) is 3. The van der Waals surface area contributed by atoms with Gasteiger partial charge in [-0.25, -0.2) is 4.98 Å². The number of aromatic nitrogens is 3. The molecule has 3 aromatic rings. The number of amides is 1. The number of hydrogen-bond donors (Lipinski definition) is 2. The zero-order valence-electron chi connectivity index (χ0n) is 16.8. The van der Waals surface area contributed by atoms with Gasteiger partial charge >= 0.3 is 0 Å². The van der Waals surface area contributed by atoms with Crippen LogP contribution < -0.4 is 5.32 Å². The molecule has 1 saturated carbocycles. The lowest BCUT2D eigenvalue weighted by Crippen LogP contribution is -2.28. The van der Waals surface area contributed by atoms with E-state index in [1.807, 2.05) is 31.2 Å². The standard InChI is InChI=1S/C23H26N4O/c1-15-24-20(27-26-15)16-5-11-19(12-6-16)25-21(28)23(13-14-23)18-9-7-17(8-10-18)22(2,3)4/h5-12H,13-14H2,1-4H3,(H,25,28)(H,24,26,27). The van der Waals surface area contributed by atoms with Crippen molar-refractivity contribution in [1.82, 2.24) is 15.2 Å². The Labute approximate surface area is 165 Å². The van der Waals surface area contributed by atoms with Crippen LogP contribution in [0.25, 0.3) is 11.4 Å². The van der Waals surface area contributed by atoms with Crippen LogP contribution in [0.5, 0.6) is 0 Å². The molecule has 0 bridgehead atoms. The van der Waals surface area contributed by atoms with Gasteiger partial charge in [-0.2, -0.15) is 5.10 Å². The van der Waals surface area contributed by atoms with E-state index in [1.54, 1.807) is 0 Å². The molecule has 0 radical (unpaired) electrons. The average molecular weight is 374 g/mol. The fourth-order valence-corrected chi connectivity index (χ4v) is 3.49. The fraction of sp³-hybridized carbons (Fsp3) is 0.348. The molecule has 0 atom stereocenters. The monoisotopic (exact) mass is 374 g/mol. The van der Waals surface area contributed by atoms with E-state index in [1.165, 1.54) is 5.56 Å². The molecular formula is C23H26N4O. The van der Waals surface area contributed by atoms with Crippen molar-refractivity contribution in [3.8, 4) is 11.4 Å². The second-order valence-corrected chi connectivity index (χ2v) is 8.69. The molecule has 5 heteroatoms. The number of aromatic amines is 1. The second-order valence-electron chi connectivity index (χ2n) is 8.69. The Morgan fingerprint density at radius 1 is 1.04 bits per heavy atom. The van der Waals surface area contributed by atoms with Crippen LogP contribution in [0, 0.1) is 6.92 Å². The lowest BCUT2D eigenvalue weighted by atomic mass is 9.85. The molecule has 0 aliphatic heterocycles. The van der Waals surface area contributed by atoms with Crippen molar-refractivity contribution < 1.29 is 4.79 Å². The second kappa shape index (κ2) is 6.59. The Kier molecular flexibility index (Phi) is 4.33. The van der Waals surface area contributed by atoms with Crippen LogP contribution in [0.3, 0.4) is 0 Å². The predicted octanol–water partition coefficient (Wildman–Crippen LogP) is 4.75. The highest BCUT2D eigenvalue weighted by molar-refractivity contribution is 6.01. The largest absolute Gasteiger partial charge is 0.325 e. The number of aryl methyl sites for hydroxylation is 1. The highest BCUT2D eigenvalue weighted by atomic mass is 16.2. The molecular weight excluding hydrogens is 348 g/mol. The van der Waals surface area contributed by atoms with Crippen LogP contribution >= 0.6 is 0 Å². The van der Waals surface area contributed by atoms with Gasteiger partial charge in [0.25, 0.3) is 0 Å². The molecule has 1 fully saturated rings. The molecule has 1 heterocycles. The highest BCUT2D eigenvalue weighted by Crippen LogP contribution is 2.49. The SMILES string of the molecule is Cc1nc(-c2ccc(NC(=O)C3(c4ccc(C(C)(C)C)cc4)CC3)cc2)n[nH]1. The number of anilines is 1. The number of nitrogens with one attached hydrogen (secondary N) is 2. The maximum absolute atomic E-state index is 13.0. The smallest absolute Gasteiger partial charge is 0.235 e. The molecule has 0 unspecified atom stereocenters. The lowest BCUT2D eigenvalue weighted by Gasteiger charge is -2.21. The van der Waals surface area contributed by atoms with Gasteiger partial charge in [-0.15, -0.1) is 0 Å². The minimum absolute atomic E-state index is 0.0671. The number of carbonyl (C=O) groups excluding carboxylic acids is 1. The Bertz CT molecular complexity index is 990. The molecule has 1 amide bonds. The number of rotatable bonds is 4. The number of H-pyrrole nitrogens is 1. The summed E-state index contributed by atoms with van der Waals surface area (Å²) in [6.07, 6.45) is 1.78. The van der Waals surface area contributed by atoms with Gasteiger partial charge in [0.1, 0.15) is 5.82 Å². The first-order valence-electron chi connectivity index (χ1n) is 9.70. The van der Waals surface area contributed by atoms with E-state index in [-0.39, 0.29) is 11.3 Å². The van der Waals surface area contributed by atoms with Gasteiger partial charge in [-0.3, -0.25) is 9.89 Å². The Balaban J connectivity index is 1.48. The van der Waals surface area contributed by atoms with E-state index in [4.69, 9.17) is 0 Å². The van der Waals surface area contributed by atoms with Crippen molar-refractivity contribution in [2.24, 2.45) is 0 Å². The van der Waals surface area contributed by atoms with Crippen LogP contribution in [0.2, 0.25) is 0 Å². The zero-order chi connectivity index (χ0) is 19.9. The van der Waals surface area contributed by atoms with Crippen molar-refractivity contribution >= 4 is 11.6 Å². The van der Waals surface area contributed by atoms with E-state index in [0.717, 1.165) is 35.5 Å². The van der Waals surface area contributed by atoms with Gasteiger partial charge < -0.3 is 5.32 Å². The molecule has 2 N–H and O–H groups in total. The summed E-state index contributed by atoms with van der Waals surface area (Å²) in [5.41, 5.74) is 3.81. The van der Waals surface area contributed by atoms with Crippen LogP contribution in [0.15, 0.2) is 48.5 Å². The molecule has 5 nitrogen and oxygen atoms in total. The lowest BCUT2D eigenvalue weighted by molar-refractivity contribution is -0.118. The first kappa shape index (κ1) is 18.4. The minimum Gasteiger partial charge on any atom is -0.325 e. The molecule has 2 aromatic carbocycles. The average Bonchev–Trinajstić information content (AvgIpc) is 3.37. The molecule has 0 spiro atoms. The van der Waals surface area contributed by atoms with Crippen LogP contribution in [-0.4, -0.2) is 21.1 Å². The summed E-state index contributed by atoms with van der Waals surface area (Å²) in [5, 5.41) is 10.1. The molecule has 4 rings (SSSR count). The Hall–Kier alpha value is -2.95. The van der Waals surface area contributed by atoms with Gasteiger partial charge in [0.05, 0.1) is 5.41 Å². The third-order valence-electron chi connectivity index (χ3n) is 5.49. The van der Waals surface area contributed by atoms with Crippen LogP contribution in [0.4, 0.5) is 5.69 Å². The van der Waals surface area contributed by atoms with Crippen LogP contribution in [0.1, 0.15) is 50.6 Å². The van der Waals surface area contributed by atoms with Crippen molar-refractivity contribution in [1.29, 1.82) is 0 Å². The van der Waals surface area contributed by atoms with Gasteiger partial charge in [-0.05, 0) is 60.6 Å². The van der Waals surface area contributed by atoms with Gasteiger partial charge in [0, 0.05) is 11.3 Å². The molecule has 0 saturated heterocycles. The van der Waals surface area contributed by atoms with E-state index in [9.17, 15) is 4.79 Å². The molecule has 144 valence electrons. The highest BCUT2D eigenvalue weighted by Gasteiger charge is 2.51. The number of nitrogens with zero attached hydrogens (tertiary/aromatic N) is 2. The van der Waals surface area contributed by atoms with Gasteiger partial charge in [-0.1, -0.05) is 45.0 Å². The summed E-state index contributed by atoms with van der Waals surface area (Å²) in [5.74, 6) is 1.51. The summed E-state index contributed by atoms with van der Waals surface area (Å²) in [7, 11) is 0. The molecule has 28 heavy (non-hydrogen) atoms. The molecule has 1 aliphatic rings. The summed E-state index contributed by atoms with van der Waals surface area (Å²) in [6, 6.07) is 16.2. The predicted molar refractivity (Wildman–Crippen MR) is 111 cm³/mol. The molecule has 1 aliphatic carbocycles. The van der Waals surface area contributed by atoms with E-state index < -0.39 is 5.41 Å². The summed E-state index contributed by atoms with van der Waals surface area (Å²) in [6.45, 7) is 8.47. The minimum atomic E-state index is -0.393. The third kappa shape index (κ3) is 3.44. The van der Waals surface area contributed by atoms with Gasteiger partial charge in [0.2, 0.25) is 5.91 Å². The van der Waals surface area contributed by atoms with Gasteiger partial charge in [0.15, 0.2) is 5.82 Å². The van der Waals surface area contributed by atoms with Crippen LogP contribution in [-0.2, 0) is 15.6 Å². The van der Waals surface area contributed by atoms with E-state index >= 15 is 0 Å². The maximum Gasteiger partial charge on any atom is 0.235 e. The Morgan fingerprint density at radius 3 is 2.18 bits per heavy atom. The molecule has 1 aromatic heterocycles. The fourth-order valence-electron chi connectivity index (χ4n) is 3.49. The normalized spacial score (nSPS) is 15.3. The maximum atomic E-state index is 13.0. The number of carbonyl (C=O) groups is 1. The Morgan fingerprint density at radius 2 is 1.68 bits per heavy atom. The topological polar surface area (TPSA) is 70.7 Å². The summed E-state index contributed by atoms with van der Waals surface area (Å²) in [4.78, 5) is 17.3. The first-order chi connectivity index (χ1) is 13.3. The van der Waals surface area contributed by atoms with Crippen molar-refractivity contribution in [3.05, 3.63) is 65.5 Å². The first-order valence-corrected chi connectivity index (χ1v) is 9.70. The zero-order valence-corrected chi connectivity index (χ0v) is 16.8. The third-order valence-corrected chi connectivity index (χ3v) is 5.49. The number of benzene rings is 2. The van der Waals surface area contributed by atoms with Crippen molar-refractivity contribution in [2.45, 2.75) is 51.4 Å². The summed E-state index contributed by atoms with van der Waals surface area (Å²) >= 11 is 0. The van der Waals surface area contributed by atoms with Crippen molar-refractivity contribution in [3.63, 3.8) is 0 Å². The van der Waals surface area contributed by atoms with E-state index in [2.05, 4.69) is 65.5 Å². The van der Waals surface area contributed by atoms with Crippen molar-refractivity contribution in [2.75, 3.05) is 5.32 Å². The summed E-state index contributed by atoms with van der Waals surface area (Å²) < 4.78 is 0.